The molecule has 0 spiro atoms. The van der Waals surface area contributed by atoms with E-state index in [0.29, 0.717) is 31.1 Å². The number of rotatable bonds is 7. The normalized spacial score (nSPS) is 15.8. The van der Waals surface area contributed by atoms with Crippen LogP contribution in [-0.2, 0) is 16.0 Å². The standard InChI is InChI=1S/C17H28N4O2S/c1-4-5-6-7-14-19-20-17(24-14)18-15(22)13-8-10-21(11-9-13)16(23)12(2)3/h12-13H,4-11H2,1-3H3,(H,18,20,22). The summed E-state index contributed by atoms with van der Waals surface area (Å²) in [5, 5.41) is 12.7. The molecule has 1 saturated heterocycles. The minimum atomic E-state index is -0.0475. The van der Waals surface area contributed by atoms with Crippen LogP contribution in [0.4, 0.5) is 5.13 Å². The molecule has 0 bridgehead atoms. The maximum Gasteiger partial charge on any atom is 0.229 e. The van der Waals surface area contributed by atoms with Crippen LogP contribution in [0.15, 0.2) is 0 Å². The highest BCUT2D eigenvalue weighted by Crippen LogP contribution is 2.23. The molecule has 0 atom stereocenters. The molecule has 0 radical (unpaired) electrons. The van der Waals surface area contributed by atoms with E-state index in [-0.39, 0.29) is 23.7 Å². The predicted molar refractivity (Wildman–Crippen MR) is 95.9 cm³/mol. The highest BCUT2D eigenvalue weighted by molar-refractivity contribution is 7.15. The lowest BCUT2D eigenvalue weighted by Gasteiger charge is -2.32. The van der Waals surface area contributed by atoms with Gasteiger partial charge in [0.1, 0.15) is 5.01 Å². The largest absolute Gasteiger partial charge is 0.342 e. The van der Waals surface area contributed by atoms with Gasteiger partial charge in [-0.15, -0.1) is 10.2 Å². The van der Waals surface area contributed by atoms with E-state index in [1.165, 1.54) is 24.2 Å². The van der Waals surface area contributed by atoms with Gasteiger partial charge in [-0.3, -0.25) is 9.59 Å². The molecule has 1 aromatic heterocycles. The average Bonchev–Trinajstić information content (AvgIpc) is 3.01. The monoisotopic (exact) mass is 352 g/mol. The van der Waals surface area contributed by atoms with Crippen LogP contribution in [0.5, 0.6) is 0 Å². The highest BCUT2D eigenvalue weighted by Gasteiger charge is 2.28. The van der Waals surface area contributed by atoms with Crippen LogP contribution in [0.3, 0.4) is 0 Å². The van der Waals surface area contributed by atoms with E-state index in [0.717, 1.165) is 17.8 Å². The molecular formula is C17H28N4O2S. The molecule has 0 aromatic carbocycles. The second kappa shape index (κ2) is 9.11. The fourth-order valence-electron chi connectivity index (χ4n) is 2.87. The molecule has 0 saturated carbocycles. The van der Waals surface area contributed by atoms with Gasteiger partial charge in [0, 0.05) is 31.3 Å². The topological polar surface area (TPSA) is 75.2 Å². The summed E-state index contributed by atoms with van der Waals surface area (Å²) in [5.74, 6) is 0.147. The average molecular weight is 353 g/mol. The lowest BCUT2D eigenvalue weighted by atomic mass is 9.95. The van der Waals surface area contributed by atoms with Gasteiger partial charge in [-0.2, -0.15) is 0 Å². The first-order valence-corrected chi connectivity index (χ1v) is 9.75. The Morgan fingerprint density at radius 2 is 1.96 bits per heavy atom. The SMILES string of the molecule is CCCCCc1nnc(NC(=O)C2CCN(C(=O)C(C)C)CC2)s1. The van der Waals surface area contributed by atoms with Crippen molar-refractivity contribution in [2.45, 2.75) is 59.3 Å². The van der Waals surface area contributed by atoms with E-state index < -0.39 is 0 Å². The number of aromatic nitrogens is 2. The van der Waals surface area contributed by atoms with Crippen molar-refractivity contribution in [2.24, 2.45) is 11.8 Å². The number of hydrogen-bond donors (Lipinski definition) is 1. The minimum Gasteiger partial charge on any atom is -0.342 e. The third-order valence-corrected chi connectivity index (χ3v) is 5.26. The Balaban J connectivity index is 1.78. The fraction of sp³-hybridized carbons (Fsp3) is 0.765. The van der Waals surface area contributed by atoms with Crippen LogP contribution in [0, 0.1) is 11.8 Å². The quantitative estimate of drug-likeness (QED) is 0.765. The minimum absolute atomic E-state index is 0.00269. The first-order valence-electron chi connectivity index (χ1n) is 8.93. The molecular weight excluding hydrogens is 324 g/mol. The number of amides is 2. The molecule has 7 heteroatoms. The van der Waals surface area contributed by atoms with Crippen molar-refractivity contribution in [1.29, 1.82) is 0 Å². The molecule has 6 nitrogen and oxygen atoms in total. The number of carbonyl (C=O) groups is 2. The van der Waals surface area contributed by atoms with Gasteiger partial charge in [0.2, 0.25) is 16.9 Å². The Hall–Kier alpha value is -1.50. The third-order valence-electron chi connectivity index (χ3n) is 4.36. The van der Waals surface area contributed by atoms with Crippen molar-refractivity contribution >= 4 is 28.3 Å². The summed E-state index contributed by atoms with van der Waals surface area (Å²) in [6, 6.07) is 0. The molecule has 1 aromatic rings. The number of aryl methyl sites for hydroxylation is 1. The number of hydrogen-bond acceptors (Lipinski definition) is 5. The number of anilines is 1. The van der Waals surface area contributed by atoms with Crippen LogP contribution in [0.2, 0.25) is 0 Å². The smallest absolute Gasteiger partial charge is 0.229 e. The molecule has 2 heterocycles. The van der Waals surface area contributed by atoms with Crippen molar-refractivity contribution in [3.8, 4) is 0 Å². The van der Waals surface area contributed by atoms with Gasteiger partial charge in [-0.05, 0) is 19.3 Å². The maximum absolute atomic E-state index is 12.4. The van der Waals surface area contributed by atoms with Crippen molar-refractivity contribution in [1.82, 2.24) is 15.1 Å². The summed E-state index contributed by atoms with van der Waals surface area (Å²) < 4.78 is 0. The van der Waals surface area contributed by atoms with Crippen molar-refractivity contribution in [3.05, 3.63) is 5.01 Å². The van der Waals surface area contributed by atoms with Gasteiger partial charge in [-0.1, -0.05) is 44.9 Å². The Labute approximate surface area is 148 Å². The lowest BCUT2D eigenvalue weighted by molar-refractivity contribution is -0.137. The van der Waals surface area contributed by atoms with Crippen LogP contribution in [0.25, 0.3) is 0 Å². The Kier molecular flexibility index (Phi) is 7.15. The Bertz CT molecular complexity index is 551. The molecule has 24 heavy (non-hydrogen) atoms. The number of unbranched alkanes of at least 4 members (excludes halogenated alkanes) is 2. The van der Waals surface area contributed by atoms with Crippen LogP contribution < -0.4 is 5.32 Å². The number of piperidine rings is 1. The third kappa shape index (κ3) is 5.26. The summed E-state index contributed by atoms with van der Waals surface area (Å²) in [6.45, 7) is 7.32. The van der Waals surface area contributed by atoms with Crippen LogP contribution >= 0.6 is 11.3 Å². The van der Waals surface area contributed by atoms with Gasteiger partial charge in [0.25, 0.3) is 0 Å². The van der Waals surface area contributed by atoms with E-state index >= 15 is 0 Å². The summed E-state index contributed by atoms with van der Waals surface area (Å²) in [6.07, 6.45) is 5.84. The highest BCUT2D eigenvalue weighted by atomic mass is 32.1. The summed E-state index contributed by atoms with van der Waals surface area (Å²) >= 11 is 1.47. The van der Waals surface area contributed by atoms with Crippen molar-refractivity contribution in [3.63, 3.8) is 0 Å². The number of carbonyl (C=O) groups excluding carboxylic acids is 2. The fourth-order valence-corrected chi connectivity index (χ4v) is 3.65. The van der Waals surface area contributed by atoms with E-state index in [2.05, 4.69) is 22.4 Å². The molecule has 134 valence electrons. The summed E-state index contributed by atoms with van der Waals surface area (Å²) in [5.41, 5.74) is 0. The molecule has 2 rings (SSSR count). The number of likely N-dealkylation sites (tertiary alicyclic amines) is 1. The second-order valence-electron chi connectivity index (χ2n) is 6.70. The van der Waals surface area contributed by atoms with Gasteiger partial charge in [0.05, 0.1) is 0 Å². The van der Waals surface area contributed by atoms with Gasteiger partial charge in [-0.25, -0.2) is 0 Å². The summed E-state index contributed by atoms with van der Waals surface area (Å²) in [4.78, 5) is 26.2. The molecule has 1 fully saturated rings. The van der Waals surface area contributed by atoms with Crippen LogP contribution in [-0.4, -0.2) is 40.0 Å². The molecule has 1 aliphatic rings. The predicted octanol–water partition coefficient (Wildman–Crippen LogP) is 3.10. The molecule has 1 aliphatic heterocycles. The zero-order valence-electron chi connectivity index (χ0n) is 14.9. The van der Waals surface area contributed by atoms with Gasteiger partial charge < -0.3 is 10.2 Å². The van der Waals surface area contributed by atoms with Gasteiger partial charge in [0.15, 0.2) is 0 Å². The first-order chi connectivity index (χ1) is 11.5. The Morgan fingerprint density at radius 3 is 2.58 bits per heavy atom. The zero-order valence-corrected chi connectivity index (χ0v) is 15.7. The van der Waals surface area contributed by atoms with E-state index in [4.69, 9.17) is 0 Å². The lowest BCUT2D eigenvalue weighted by Crippen LogP contribution is -2.43. The van der Waals surface area contributed by atoms with E-state index in [1.807, 2.05) is 18.7 Å². The van der Waals surface area contributed by atoms with Crippen LogP contribution in [0.1, 0.15) is 57.9 Å². The zero-order chi connectivity index (χ0) is 17.5. The Morgan fingerprint density at radius 1 is 1.25 bits per heavy atom. The maximum atomic E-state index is 12.4. The molecule has 1 N–H and O–H groups in total. The second-order valence-corrected chi connectivity index (χ2v) is 7.76. The molecule has 0 unspecified atom stereocenters. The van der Waals surface area contributed by atoms with E-state index in [1.54, 1.807) is 0 Å². The van der Waals surface area contributed by atoms with Crippen molar-refractivity contribution in [2.75, 3.05) is 18.4 Å². The molecule has 0 aliphatic carbocycles. The van der Waals surface area contributed by atoms with E-state index in [9.17, 15) is 9.59 Å². The number of nitrogens with zero attached hydrogens (tertiary/aromatic N) is 3. The number of nitrogens with one attached hydrogen (secondary N) is 1. The van der Waals surface area contributed by atoms with Crippen molar-refractivity contribution < 1.29 is 9.59 Å². The van der Waals surface area contributed by atoms with Gasteiger partial charge >= 0.3 is 0 Å². The molecule has 2 amide bonds. The first kappa shape index (κ1) is 18.8. The summed E-state index contributed by atoms with van der Waals surface area (Å²) in [7, 11) is 0.